The Labute approximate surface area is 193 Å². The third-order valence-corrected chi connectivity index (χ3v) is 6.34. The summed E-state index contributed by atoms with van der Waals surface area (Å²) in [7, 11) is 0. The maximum Gasteiger partial charge on any atom is 0.243 e. The molecular weight excluding hydrogens is 414 g/mol. The molecule has 2 aromatic carbocycles. The molecule has 2 N–H and O–H groups in total. The van der Waals surface area contributed by atoms with Gasteiger partial charge < -0.3 is 20.0 Å². The molecule has 1 aliphatic carbocycles. The Morgan fingerprint density at radius 1 is 1.09 bits per heavy atom. The Kier molecular flexibility index (Phi) is 5.73. The highest BCUT2D eigenvalue weighted by Crippen LogP contribution is 2.44. The number of fused-ring (bicyclic) bond motifs is 1. The molecule has 1 aromatic heterocycles. The van der Waals surface area contributed by atoms with Crippen molar-refractivity contribution >= 4 is 28.8 Å². The molecule has 1 amide bonds. The third-order valence-electron chi connectivity index (χ3n) is 6.34. The number of furan rings is 1. The van der Waals surface area contributed by atoms with E-state index in [0.29, 0.717) is 17.8 Å². The number of rotatable bonds is 5. The van der Waals surface area contributed by atoms with Gasteiger partial charge in [-0.15, -0.1) is 0 Å². The molecule has 3 aromatic rings. The Balaban J connectivity index is 1.57. The van der Waals surface area contributed by atoms with Crippen LogP contribution in [0.4, 0.5) is 17.1 Å². The molecule has 6 heteroatoms. The van der Waals surface area contributed by atoms with Gasteiger partial charge >= 0.3 is 0 Å². The highest BCUT2D eigenvalue weighted by molar-refractivity contribution is 6.02. The summed E-state index contributed by atoms with van der Waals surface area (Å²) in [5.74, 6) is 0.604. The van der Waals surface area contributed by atoms with Crippen molar-refractivity contribution in [2.45, 2.75) is 38.6 Å². The Morgan fingerprint density at radius 2 is 1.91 bits per heavy atom. The van der Waals surface area contributed by atoms with Gasteiger partial charge in [0, 0.05) is 23.4 Å². The fourth-order valence-electron chi connectivity index (χ4n) is 4.81. The predicted octanol–water partition coefficient (Wildman–Crippen LogP) is 5.46. The lowest BCUT2D eigenvalue weighted by molar-refractivity contribution is -0.117. The molecule has 1 aliphatic heterocycles. The molecule has 2 heterocycles. The normalized spacial score (nSPS) is 17.7. The molecule has 0 saturated heterocycles. The summed E-state index contributed by atoms with van der Waals surface area (Å²) in [6.07, 6.45) is 4.54. The summed E-state index contributed by atoms with van der Waals surface area (Å²) in [6.45, 7) is 2.14. The second-order valence-corrected chi connectivity index (χ2v) is 8.42. The van der Waals surface area contributed by atoms with Crippen molar-refractivity contribution in [2.75, 3.05) is 22.1 Å². The standard InChI is InChI=1S/C27H27N3O3/c1-2-18-9-3-4-10-19(18)29-25(32)17-30-22-13-6-5-11-20(22)28-21-12-7-14-23(31)26(21)27(30)24-15-8-16-33-24/h3-6,8-11,13,15-16,27-28H,2,7,12,14,17H2,1H3,(H,29,32)/t27-/m1/s1. The largest absolute Gasteiger partial charge is 0.467 e. The van der Waals surface area contributed by atoms with E-state index in [9.17, 15) is 9.59 Å². The Hall–Kier alpha value is -3.80. The molecule has 5 rings (SSSR count). The molecule has 1 atom stereocenters. The summed E-state index contributed by atoms with van der Waals surface area (Å²) in [4.78, 5) is 28.5. The number of allylic oxidation sites excluding steroid dienone is 1. The average Bonchev–Trinajstić information content (AvgIpc) is 3.31. The Bertz CT molecular complexity index is 1210. The van der Waals surface area contributed by atoms with Gasteiger partial charge in [0.2, 0.25) is 5.91 Å². The summed E-state index contributed by atoms with van der Waals surface area (Å²) < 4.78 is 5.82. The van der Waals surface area contributed by atoms with E-state index in [1.165, 1.54) is 0 Å². The number of hydrogen-bond acceptors (Lipinski definition) is 5. The summed E-state index contributed by atoms with van der Waals surface area (Å²) >= 11 is 0. The molecule has 0 spiro atoms. The third kappa shape index (κ3) is 4.04. The van der Waals surface area contributed by atoms with E-state index in [4.69, 9.17) is 4.42 Å². The van der Waals surface area contributed by atoms with E-state index < -0.39 is 6.04 Å². The van der Waals surface area contributed by atoms with E-state index >= 15 is 0 Å². The van der Waals surface area contributed by atoms with Gasteiger partial charge in [-0.3, -0.25) is 9.59 Å². The van der Waals surface area contributed by atoms with Crippen LogP contribution in [0.2, 0.25) is 0 Å². The minimum atomic E-state index is -0.480. The number of benzene rings is 2. The first-order valence-electron chi connectivity index (χ1n) is 11.5. The number of carbonyl (C=O) groups is 2. The smallest absolute Gasteiger partial charge is 0.243 e. The minimum absolute atomic E-state index is 0.0756. The predicted molar refractivity (Wildman–Crippen MR) is 129 cm³/mol. The van der Waals surface area contributed by atoms with Crippen LogP contribution in [0.1, 0.15) is 43.6 Å². The maximum atomic E-state index is 13.3. The molecule has 0 bridgehead atoms. The zero-order chi connectivity index (χ0) is 22.8. The number of nitrogens with zero attached hydrogens (tertiary/aromatic N) is 1. The number of carbonyl (C=O) groups excluding carboxylic acids is 2. The van der Waals surface area contributed by atoms with Crippen molar-refractivity contribution < 1.29 is 14.0 Å². The number of hydrogen-bond donors (Lipinski definition) is 2. The topological polar surface area (TPSA) is 74.6 Å². The fraction of sp³-hybridized carbons (Fsp3) is 0.259. The van der Waals surface area contributed by atoms with E-state index in [1.54, 1.807) is 6.26 Å². The molecule has 0 fully saturated rings. The highest BCUT2D eigenvalue weighted by atomic mass is 16.3. The van der Waals surface area contributed by atoms with Gasteiger partial charge in [-0.05, 0) is 55.2 Å². The van der Waals surface area contributed by atoms with Crippen LogP contribution >= 0.6 is 0 Å². The van der Waals surface area contributed by atoms with Crippen LogP contribution in [0, 0.1) is 0 Å². The lowest BCUT2D eigenvalue weighted by Gasteiger charge is -2.33. The van der Waals surface area contributed by atoms with Crippen LogP contribution in [0.25, 0.3) is 0 Å². The molecule has 2 aliphatic rings. The van der Waals surface area contributed by atoms with E-state index in [1.807, 2.05) is 65.6 Å². The Morgan fingerprint density at radius 3 is 2.73 bits per heavy atom. The fourth-order valence-corrected chi connectivity index (χ4v) is 4.81. The van der Waals surface area contributed by atoms with Gasteiger partial charge in [-0.1, -0.05) is 37.3 Å². The second kappa shape index (κ2) is 8.98. The molecule has 0 saturated carbocycles. The average molecular weight is 442 g/mol. The summed E-state index contributed by atoms with van der Waals surface area (Å²) in [6, 6.07) is 18.9. The molecular formula is C27H27N3O3. The number of Topliss-reactive ketones (excluding diaryl/α,β-unsaturated/α-hetero) is 1. The van der Waals surface area contributed by atoms with Crippen LogP contribution in [0.3, 0.4) is 0 Å². The quantitative estimate of drug-likeness (QED) is 0.550. The van der Waals surface area contributed by atoms with Crippen LogP contribution in [-0.4, -0.2) is 18.2 Å². The van der Waals surface area contributed by atoms with Crippen molar-refractivity contribution in [3.05, 3.63) is 89.5 Å². The lowest BCUT2D eigenvalue weighted by Crippen LogP contribution is -2.38. The van der Waals surface area contributed by atoms with Crippen LogP contribution in [0.15, 0.2) is 82.6 Å². The first-order valence-corrected chi connectivity index (χ1v) is 11.5. The highest BCUT2D eigenvalue weighted by Gasteiger charge is 2.38. The number of para-hydroxylation sites is 3. The van der Waals surface area contributed by atoms with Gasteiger partial charge in [0.25, 0.3) is 0 Å². The molecule has 33 heavy (non-hydrogen) atoms. The molecule has 0 unspecified atom stereocenters. The monoisotopic (exact) mass is 441 g/mol. The summed E-state index contributed by atoms with van der Waals surface area (Å²) in [5.41, 5.74) is 5.25. The SMILES string of the molecule is CCc1ccccc1NC(=O)CN1c2ccccc2NC2=C(C(=O)CCC2)[C@H]1c1ccco1. The number of amides is 1. The zero-order valence-corrected chi connectivity index (χ0v) is 18.6. The lowest BCUT2D eigenvalue weighted by atomic mass is 9.88. The second-order valence-electron chi connectivity index (χ2n) is 8.42. The van der Waals surface area contributed by atoms with E-state index in [-0.39, 0.29) is 18.2 Å². The number of anilines is 3. The van der Waals surface area contributed by atoms with Crippen molar-refractivity contribution in [2.24, 2.45) is 0 Å². The van der Waals surface area contributed by atoms with Crippen molar-refractivity contribution in [3.63, 3.8) is 0 Å². The number of ketones is 1. The van der Waals surface area contributed by atoms with E-state index in [2.05, 4.69) is 17.6 Å². The molecule has 0 radical (unpaired) electrons. The van der Waals surface area contributed by atoms with Gasteiger partial charge in [0.1, 0.15) is 11.8 Å². The number of aryl methyl sites for hydroxylation is 1. The van der Waals surface area contributed by atoms with E-state index in [0.717, 1.165) is 47.6 Å². The zero-order valence-electron chi connectivity index (χ0n) is 18.6. The maximum absolute atomic E-state index is 13.3. The van der Waals surface area contributed by atoms with Crippen molar-refractivity contribution in [3.8, 4) is 0 Å². The van der Waals surface area contributed by atoms with Crippen LogP contribution < -0.4 is 15.5 Å². The van der Waals surface area contributed by atoms with Crippen molar-refractivity contribution in [1.29, 1.82) is 0 Å². The molecule has 168 valence electrons. The number of nitrogens with one attached hydrogen (secondary N) is 2. The minimum Gasteiger partial charge on any atom is -0.467 e. The van der Waals surface area contributed by atoms with Crippen LogP contribution in [0.5, 0.6) is 0 Å². The van der Waals surface area contributed by atoms with Gasteiger partial charge in [0.15, 0.2) is 5.78 Å². The van der Waals surface area contributed by atoms with Gasteiger partial charge in [0.05, 0.1) is 24.2 Å². The molecule has 6 nitrogen and oxygen atoms in total. The van der Waals surface area contributed by atoms with Gasteiger partial charge in [-0.2, -0.15) is 0 Å². The van der Waals surface area contributed by atoms with Crippen LogP contribution in [-0.2, 0) is 16.0 Å². The first kappa shape index (κ1) is 21.1. The van der Waals surface area contributed by atoms with Crippen molar-refractivity contribution in [1.82, 2.24) is 0 Å². The first-order chi connectivity index (χ1) is 16.2. The summed E-state index contributed by atoms with van der Waals surface area (Å²) in [5, 5.41) is 6.58. The van der Waals surface area contributed by atoms with Gasteiger partial charge in [-0.25, -0.2) is 0 Å².